The Morgan fingerprint density at radius 1 is 1.19 bits per heavy atom. The molecule has 2 aromatic carbocycles. The maximum atomic E-state index is 13.1. The summed E-state index contributed by atoms with van der Waals surface area (Å²) in [6.45, 7) is -0.421. The minimum atomic E-state index is -1.06. The lowest BCUT2D eigenvalue weighted by molar-refractivity contribution is -0.139. The first-order valence-electron chi connectivity index (χ1n) is 7.42. The Hall–Kier alpha value is -2.71. The Morgan fingerprint density at radius 2 is 1.85 bits per heavy atom. The van der Waals surface area contributed by atoms with Gasteiger partial charge in [-0.3, -0.25) is 9.69 Å². The summed E-state index contributed by atoms with van der Waals surface area (Å²) in [6, 6.07) is 12.2. The Labute approximate surface area is 158 Å². The highest BCUT2D eigenvalue weighted by Crippen LogP contribution is 2.36. The molecule has 0 aromatic heterocycles. The average Bonchev–Trinajstić information content (AvgIpc) is 2.89. The van der Waals surface area contributed by atoms with E-state index in [9.17, 15) is 14.0 Å². The molecule has 0 saturated carbocycles. The largest absolute Gasteiger partial charge is 0.482 e. The zero-order valence-electron chi connectivity index (χ0n) is 13.2. The number of carbonyl (C=O) groups excluding carboxylic acids is 1. The van der Waals surface area contributed by atoms with Crippen molar-refractivity contribution in [3.8, 4) is 5.75 Å². The van der Waals surface area contributed by atoms with Crippen molar-refractivity contribution in [1.82, 2.24) is 0 Å². The van der Waals surface area contributed by atoms with E-state index in [0.717, 1.165) is 17.3 Å². The van der Waals surface area contributed by atoms with Gasteiger partial charge in [0.05, 0.1) is 10.6 Å². The highest BCUT2D eigenvalue weighted by atomic mass is 32.2. The van der Waals surface area contributed by atoms with E-state index in [4.69, 9.17) is 22.1 Å². The summed E-state index contributed by atoms with van der Waals surface area (Å²) in [5.74, 6) is -1.31. The maximum Gasteiger partial charge on any atom is 0.341 e. The minimum absolute atomic E-state index is 0.280. The normalized spacial score (nSPS) is 15.6. The van der Waals surface area contributed by atoms with Crippen LogP contribution < -0.4 is 9.64 Å². The van der Waals surface area contributed by atoms with Crippen molar-refractivity contribution in [1.29, 1.82) is 0 Å². The quantitative estimate of drug-likeness (QED) is 0.621. The molecule has 8 heteroatoms. The molecule has 5 nitrogen and oxygen atoms in total. The van der Waals surface area contributed by atoms with Crippen LogP contribution in [0.15, 0.2) is 53.4 Å². The van der Waals surface area contributed by atoms with Crippen molar-refractivity contribution in [2.45, 2.75) is 0 Å². The Morgan fingerprint density at radius 3 is 2.46 bits per heavy atom. The Balaban J connectivity index is 1.77. The van der Waals surface area contributed by atoms with Crippen LogP contribution in [0.1, 0.15) is 5.56 Å². The van der Waals surface area contributed by atoms with E-state index in [2.05, 4.69) is 0 Å². The van der Waals surface area contributed by atoms with Gasteiger partial charge in [0.25, 0.3) is 5.91 Å². The number of aliphatic carboxylic acids is 1. The molecule has 1 fully saturated rings. The van der Waals surface area contributed by atoms with Gasteiger partial charge in [0, 0.05) is 0 Å². The highest BCUT2D eigenvalue weighted by molar-refractivity contribution is 8.27. The number of amides is 1. The molecule has 3 rings (SSSR count). The fourth-order valence-electron chi connectivity index (χ4n) is 2.24. The second kappa shape index (κ2) is 7.67. The smallest absolute Gasteiger partial charge is 0.341 e. The molecule has 1 N–H and O–H groups in total. The summed E-state index contributed by atoms with van der Waals surface area (Å²) in [5.41, 5.74) is 1.25. The van der Waals surface area contributed by atoms with Crippen LogP contribution in [-0.4, -0.2) is 27.9 Å². The number of thiocarbonyl (C=S) groups is 1. The third-order valence-corrected chi connectivity index (χ3v) is 4.72. The van der Waals surface area contributed by atoms with E-state index in [-0.39, 0.29) is 11.7 Å². The van der Waals surface area contributed by atoms with E-state index in [1.807, 2.05) is 0 Å². The molecule has 2 aromatic rings. The minimum Gasteiger partial charge on any atom is -0.482 e. The van der Waals surface area contributed by atoms with Gasteiger partial charge >= 0.3 is 5.97 Å². The number of rotatable bonds is 5. The second-order valence-corrected chi connectivity index (χ2v) is 6.92. The van der Waals surface area contributed by atoms with Crippen LogP contribution in [0.2, 0.25) is 0 Å². The van der Waals surface area contributed by atoms with Gasteiger partial charge in [-0.2, -0.15) is 0 Å². The molecule has 1 aliphatic rings. The molecule has 1 heterocycles. The van der Waals surface area contributed by atoms with E-state index in [1.165, 1.54) is 29.2 Å². The van der Waals surface area contributed by atoms with Gasteiger partial charge in [-0.05, 0) is 48.0 Å². The summed E-state index contributed by atoms with van der Waals surface area (Å²) >= 11 is 6.42. The SMILES string of the molecule is O=C(O)COc1ccc(/C=C2\SC(=S)N(c3ccc(F)cc3)C2=O)cc1. The van der Waals surface area contributed by atoms with Gasteiger partial charge in [0.2, 0.25) is 0 Å². The first-order valence-corrected chi connectivity index (χ1v) is 8.65. The number of anilines is 1. The lowest BCUT2D eigenvalue weighted by Crippen LogP contribution is -2.27. The van der Waals surface area contributed by atoms with Crippen LogP contribution in [0, 0.1) is 5.82 Å². The van der Waals surface area contributed by atoms with E-state index >= 15 is 0 Å². The average molecular weight is 389 g/mol. The van der Waals surface area contributed by atoms with Gasteiger partial charge in [-0.1, -0.05) is 36.1 Å². The van der Waals surface area contributed by atoms with Gasteiger partial charge in [-0.15, -0.1) is 0 Å². The second-order valence-electron chi connectivity index (χ2n) is 5.24. The van der Waals surface area contributed by atoms with Gasteiger partial charge in [0.1, 0.15) is 11.6 Å². The number of carbonyl (C=O) groups is 2. The maximum absolute atomic E-state index is 13.1. The predicted molar refractivity (Wildman–Crippen MR) is 102 cm³/mol. The first-order chi connectivity index (χ1) is 12.4. The van der Waals surface area contributed by atoms with E-state index < -0.39 is 12.6 Å². The molecule has 0 aliphatic carbocycles. The Kier molecular flexibility index (Phi) is 5.34. The van der Waals surface area contributed by atoms with Gasteiger partial charge in [0.15, 0.2) is 10.9 Å². The van der Waals surface area contributed by atoms with Crippen LogP contribution in [0.5, 0.6) is 5.75 Å². The van der Waals surface area contributed by atoms with Crippen molar-refractivity contribution in [2.24, 2.45) is 0 Å². The molecule has 0 spiro atoms. The summed E-state index contributed by atoms with van der Waals surface area (Å²) < 4.78 is 18.5. The fraction of sp³-hybridized carbons (Fsp3) is 0.0556. The van der Waals surface area contributed by atoms with Crippen molar-refractivity contribution >= 4 is 51.9 Å². The van der Waals surface area contributed by atoms with Gasteiger partial charge in [-0.25, -0.2) is 9.18 Å². The number of carboxylic acids is 1. The standard InChI is InChI=1S/C18H12FNO4S2/c19-12-3-5-13(6-4-12)20-17(23)15(26-18(20)25)9-11-1-7-14(8-2-11)24-10-16(21)22/h1-9H,10H2,(H,21,22)/b15-9-. The van der Waals surface area contributed by atoms with Crippen LogP contribution in [0.4, 0.5) is 10.1 Å². The van der Waals surface area contributed by atoms with Crippen molar-refractivity contribution in [2.75, 3.05) is 11.5 Å². The summed E-state index contributed by atoms with van der Waals surface area (Å²) in [5, 5.41) is 8.59. The van der Waals surface area contributed by atoms with Crippen LogP contribution in [0.25, 0.3) is 6.08 Å². The monoisotopic (exact) mass is 389 g/mol. The number of ether oxygens (including phenoxy) is 1. The lowest BCUT2D eigenvalue weighted by atomic mass is 10.2. The molecule has 0 atom stereocenters. The topological polar surface area (TPSA) is 66.8 Å². The predicted octanol–water partition coefficient (Wildman–Crippen LogP) is 3.69. The van der Waals surface area contributed by atoms with Crippen molar-refractivity contribution < 1.29 is 23.8 Å². The number of benzene rings is 2. The number of nitrogens with zero attached hydrogens (tertiary/aromatic N) is 1. The van der Waals surface area contributed by atoms with Crippen LogP contribution in [-0.2, 0) is 9.59 Å². The molecule has 0 unspecified atom stereocenters. The van der Waals surface area contributed by atoms with Crippen LogP contribution >= 0.6 is 24.0 Å². The number of carboxylic acid groups (broad SMARTS) is 1. The first kappa shape index (κ1) is 18.1. The molecule has 1 aliphatic heterocycles. The van der Waals surface area contributed by atoms with Crippen molar-refractivity contribution in [3.05, 3.63) is 64.8 Å². The molecule has 1 saturated heterocycles. The summed E-state index contributed by atoms with van der Waals surface area (Å²) in [4.78, 5) is 24.9. The zero-order valence-corrected chi connectivity index (χ0v) is 14.8. The number of hydrogen-bond acceptors (Lipinski definition) is 5. The summed E-state index contributed by atoms with van der Waals surface area (Å²) in [7, 11) is 0. The van der Waals surface area contributed by atoms with Gasteiger partial charge < -0.3 is 9.84 Å². The lowest BCUT2D eigenvalue weighted by Gasteiger charge is -2.14. The molecule has 0 bridgehead atoms. The zero-order chi connectivity index (χ0) is 18.7. The molecule has 0 radical (unpaired) electrons. The van der Waals surface area contributed by atoms with Crippen LogP contribution in [0.3, 0.4) is 0 Å². The summed E-state index contributed by atoms with van der Waals surface area (Å²) in [6.07, 6.45) is 1.68. The number of hydrogen-bond donors (Lipinski definition) is 1. The van der Waals surface area contributed by atoms with E-state index in [0.29, 0.717) is 20.7 Å². The molecular formula is C18H12FNO4S2. The fourth-order valence-corrected chi connectivity index (χ4v) is 3.54. The highest BCUT2D eigenvalue weighted by Gasteiger charge is 2.33. The molecule has 26 heavy (non-hydrogen) atoms. The van der Waals surface area contributed by atoms with Crippen molar-refractivity contribution in [3.63, 3.8) is 0 Å². The number of halogens is 1. The Bertz CT molecular complexity index is 894. The number of thioether (sulfide) groups is 1. The third kappa shape index (κ3) is 4.09. The molecule has 1 amide bonds. The molecular weight excluding hydrogens is 377 g/mol. The van der Waals surface area contributed by atoms with E-state index in [1.54, 1.807) is 30.3 Å². The third-order valence-electron chi connectivity index (χ3n) is 3.42. The molecule has 132 valence electrons.